The highest BCUT2D eigenvalue weighted by molar-refractivity contribution is 5.75. The van der Waals surface area contributed by atoms with Gasteiger partial charge in [-0.3, -0.25) is 0 Å². The molecule has 1 fully saturated rings. The van der Waals surface area contributed by atoms with Crippen molar-refractivity contribution >= 4 is 11.0 Å². The third-order valence-electron chi connectivity index (χ3n) is 4.03. The van der Waals surface area contributed by atoms with E-state index >= 15 is 0 Å². The number of nitrogens with zero attached hydrogens (tertiary/aromatic N) is 2. The van der Waals surface area contributed by atoms with Gasteiger partial charge in [-0.25, -0.2) is 4.98 Å². The van der Waals surface area contributed by atoms with E-state index in [-0.39, 0.29) is 12.2 Å². The molecule has 2 unspecified atom stereocenters. The maximum Gasteiger partial charge on any atom is 0.112 e. The standard InChI is InChI=1S/C16H22N2O2/c1-2-18-15-8-4-3-7-14(15)17-16(18)11-12(19)10-13-6-5-9-20-13/h3-4,7-8,12-13,19H,2,5-6,9-11H2,1H3. The van der Waals surface area contributed by atoms with Crippen LogP contribution in [0.1, 0.15) is 32.0 Å². The third kappa shape index (κ3) is 2.72. The zero-order valence-electron chi connectivity index (χ0n) is 12.0. The molecule has 0 radical (unpaired) electrons. The average molecular weight is 274 g/mol. The Morgan fingerprint density at radius 2 is 2.30 bits per heavy atom. The molecule has 1 aromatic carbocycles. The lowest BCUT2D eigenvalue weighted by atomic mass is 10.1. The average Bonchev–Trinajstić information content (AvgIpc) is 3.05. The van der Waals surface area contributed by atoms with Gasteiger partial charge in [-0.1, -0.05) is 12.1 Å². The molecule has 2 aromatic rings. The van der Waals surface area contributed by atoms with Crippen LogP contribution in [0.15, 0.2) is 24.3 Å². The molecule has 4 heteroatoms. The molecule has 1 saturated heterocycles. The fourth-order valence-corrected chi connectivity index (χ4v) is 3.06. The molecule has 1 aliphatic rings. The summed E-state index contributed by atoms with van der Waals surface area (Å²) in [5.41, 5.74) is 2.16. The first-order chi connectivity index (χ1) is 9.78. The largest absolute Gasteiger partial charge is 0.393 e. The van der Waals surface area contributed by atoms with Crippen LogP contribution < -0.4 is 0 Å². The summed E-state index contributed by atoms with van der Waals surface area (Å²) >= 11 is 0. The molecule has 0 bridgehead atoms. The number of rotatable bonds is 5. The fourth-order valence-electron chi connectivity index (χ4n) is 3.06. The molecule has 1 aliphatic heterocycles. The summed E-state index contributed by atoms with van der Waals surface area (Å²) in [6, 6.07) is 8.14. The van der Waals surface area contributed by atoms with E-state index in [4.69, 9.17) is 4.74 Å². The number of aromatic nitrogens is 2. The van der Waals surface area contributed by atoms with E-state index in [0.717, 1.165) is 42.9 Å². The summed E-state index contributed by atoms with van der Waals surface area (Å²) in [6.07, 6.45) is 3.35. The Morgan fingerprint density at radius 3 is 3.05 bits per heavy atom. The molecular weight excluding hydrogens is 252 g/mol. The van der Waals surface area contributed by atoms with Crippen molar-refractivity contribution in [3.8, 4) is 0 Å². The van der Waals surface area contributed by atoms with Gasteiger partial charge in [0.05, 0.1) is 23.2 Å². The molecule has 1 aromatic heterocycles. The van der Waals surface area contributed by atoms with E-state index in [2.05, 4.69) is 22.5 Å². The third-order valence-corrected chi connectivity index (χ3v) is 4.03. The summed E-state index contributed by atoms with van der Waals surface area (Å²) in [7, 11) is 0. The molecule has 0 aliphatic carbocycles. The quantitative estimate of drug-likeness (QED) is 0.911. The highest BCUT2D eigenvalue weighted by atomic mass is 16.5. The topological polar surface area (TPSA) is 47.3 Å². The van der Waals surface area contributed by atoms with Gasteiger partial charge in [0.25, 0.3) is 0 Å². The second-order valence-electron chi connectivity index (χ2n) is 5.49. The van der Waals surface area contributed by atoms with E-state index in [0.29, 0.717) is 12.8 Å². The smallest absolute Gasteiger partial charge is 0.112 e. The first-order valence-corrected chi connectivity index (χ1v) is 7.51. The lowest BCUT2D eigenvalue weighted by Gasteiger charge is -2.15. The van der Waals surface area contributed by atoms with Gasteiger partial charge in [0.2, 0.25) is 0 Å². The van der Waals surface area contributed by atoms with E-state index in [1.807, 2.05) is 18.2 Å². The number of benzene rings is 1. The van der Waals surface area contributed by atoms with Gasteiger partial charge in [0.15, 0.2) is 0 Å². The molecule has 2 heterocycles. The zero-order valence-corrected chi connectivity index (χ0v) is 12.0. The second kappa shape index (κ2) is 5.94. The van der Waals surface area contributed by atoms with Gasteiger partial charge < -0.3 is 14.4 Å². The van der Waals surface area contributed by atoms with E-state index < -0.39 is 0 Å². The van der Waals surface area contributed by atoms with Crippen LogP contribution in [0.25, 0.3) is 11.0 Å². The Labute approximate surface area is 119 Å². The molecule has 1 N–H and O–H groups in total. The molecule has 3 rings (SSSR count). The summed E-state index contributed by atoms with van der Waals surface area (Å²) < 4.78 is 7.78. The Hall–Kier alpha value is -1.39. The summed E-state index contributed by atoms with van der Waals surface area (Å²) in [5, 5.41) is 10.3. The molecule has 4 nitrogen and oxygen atoms in total. The molecule has 20 heavy (non-hydrogen) atoms. The fraction of sp³-hybridized carbons (Fsp3) is 0.562. The Kier molecular flexibility index (Phi) is 4.03. The molecule has 2 atom stereocenters. The van der Waals surface area contributed by atoms with Crippen molar-refractivity contribution in [2.75, 3.05) is 6.61 Å². The van der Waals surface area contributed by atoms with Crippen molar-refractivity contribution in [3.05, 3.63) is 30.1 Å². The summed E-state index contributed by atoms with van der Waals surface area (Å²) in [4.78, 5) is 4.66. The predicted molar refractivity (Wildman–Crippen MR) is 78.7 cm³/mol. The molecule has 0 saturated carbocycles. The highest BCUT2D eigenvalue weighted by Crippen LogP contribution is 2.21. The summed E-state index contributed by atoms with van der Waals surface area (Å²) in [6.45, 7) is 3.83. The Bertz CT molecular complexity index is 573. The number of aliphatic hydroxyl groups is 1. The molecule has 0 spiro atoms. The van der Waals surface area contributed by atoms with Crippen molar-refractivity contribution in [2.24, 2.45) is 0 Å². The zero-order chi connectivity index (χ0) is 13.9. The highest BCUT2D eigenvalue weighted by Gasteiger charge is 2.21. The number of aryl methyl sites for hydroxylation is 1. The minimum absolute atomic E-state index is 0.226. The number of aliphatic hydroxyl groups excluding tert-OH is 1. The van der Waals surface area contributed by atoms with Crippen LogP contribution in [0.4, 0.5) is 0 Å². The maximum absolute atomic E-state index is 10.3. The number of ether oxygens (including phenoxy) is 1. The predicted octanol–water partition coefficient (Wildman–Crippen LogP) is 2.53. The van der Waals surface area contributed by atoms with E-state index in [9.17, 15) is 5.11 Å². The van der Waals surface area contributed by atoms with E-state index in [1.54, 1.807) is 0 Å². The van der Waals surface area contributed by atoms with Gasteiger partial charge in [0, 0.05) is 19.6 Å². The van der Waals surface area contributed by atoms with Crippen molar-refractivity contribution in [1.29, 1.82) is 0 Å². The van der Waals surface area contributed by atoms with Crippen LogP contribution in [0.2, 0.25) is 0 Å². The number of hydrogen-bond acceptors (Lipinski definition) is 3. The van der Waals surface area contributed by atoms with Crippen LogP contribution in [0, 0.1) is 0 Å². The van der Waals surface area contributed by atoms with Gasteiger partial charge in [-0.15, -0.1) is 0 Å². The SMILES string of the molecule is CCn1c(CC(O)CC2CCCO2)nc2ccccc21. The second-order valence-corrected chi connectivity index (χ2v) is 5.49. The number of hydrogen-bond donors (Lipinski definition) is 1. The van der Waals surface area contributed by atoms with Crippen LogP contribution in [-0.2, 0) is 17.7 Å². The number of imidazole rings is 1. The van der Waals surface area contributed by atoms with Crippen molar-refractivity contribution < 1.29 is 9.84 Å². The van der Waals surface area contributed by atoms with Gasteiger partial charge in [0.1, 0.15) is 5.82 Å². The first-order valence-electron chi connectivity index (χ1n) is 7.51. The lowest BCUT2D eigenvalue weighted by molar-refractivity contribution is 0.0531. The minimum atomic E-state index is -0.375. The van der Waals surface area contributed by atoms with Gasteiger partial charge in [-0.05, 0) is 38.3 Å². The van der Waals surface area contributed by atoms with Crippen LogP contribution in [0.5, 0.6) is 0 Å². The lowest BCUT2D eigenvalue weighted by Crippen LogP contribution is -2.21. The number of fused-ring (bicyclic) bond motifs is 1. The molecular formula is C16H22N2O2. The van der Waals surface area contributed by atoms with Crippen molar-refractivity contribution in [3.63, 3.8) is 0 Å². The van der Waals surface area contributed by atoms with Crippen molar-refractivity contribution in [1.82, 2.24) is 9.55 Å². The molecule has 0 amide bonds. The molecule has 108 valence electrons. The van der Waals surface area contributed by atoms with Crippen LogP contribution >= 0.6 is 0 Å². The maximum atomic E-state index is 10.3. The first kappa shape index (κ1) is 13.6. The van der Waals surface area contributed by atoms with Crippen LogP contribution in [0.3, 0.4) is 0 Å². The minimum Gasteiger partial charge on any atom is -0.393 e. The van der Waals surface area contributed by atoms with Gasteiger partial charge >= 0.3 is 0 Å². The van der Waals surface area contributed by atoms with Crippen molar-refractivity contribution in [2.45, 2.75) is 51.4 Å². The summed E-state index contributed by atoms with van der Waals surface area (Å²) in [5.74, 6) is 0.971. The Balaban J connectivity index is 1.75. The monoisotopic (exact) mass is 274 g/mol. The normalized spacial score (nSPS) is 20.6. The number of para-hydroxylation sites is 2. The van der Waals surface area contributed by atoms with Crippen LogP contribution in [-0.4, -0.2) is 33.5 Å². The Morgan fingerprint density at radius 1 is 1.45 bits per heavy atom. The van der Waals surface area contributed by atoms with Gasteiger partial charge in [-0.2, -0.15) is 0 Å². The van der Waals surface area contributed by atoms with E-state index in [1.165, 1.54) is 0 Å².